The van der Waals surface area contributed by atoms with Gasteiger partial charge in [-0.3, -0.25) is 0 Å². The second kappa shape index (κ2) is 6.76. The van der Waals surface area contributed by atoms with Crippen LogP contribution in [0.15, 0.2) is 41.6 Å². The van der Waals surface area contributed by atoms with E-state index in [1.165, 1.54) is 30.1 Å². The Hall–Kier alpha value is -1.53. The van der Waals surface area contributed by atoms with E-state index in [1.54, 1.807) is 18.2 Å². The summed E-state index contributed by atoms with van der Waals surface area (Å²) < 4.78 is 29.1. The minimum absolute atomic E-state index is 0.118. The Morgan fingerprint density at radius 3 is 2.75 bits per heavy atom. The molecule has 20 heavy (non-hydrogen) atoms. The maximum atomic E-state index is 12.3. The zero-order chi connectivity index (χ0) is 14.5. The first-order chi connectivity index (χ1) is 9.54. The Balaban J connectivity index is 2.11. The molecule has 2 aromatic rings. The maximum absolute atomic E-state index is 12.3. The van der Waals surface area contributed by atoms with Crippen molar-refractivity contribution >= 4 is 29.1 Å². The number of hydrogen-bond acceptors (Lipinski definition) is 4. The molecule has 0 atom stereocenters. The number of halogens is 3. The highest BCUT2D eigenvalue weighted by atomic mass is 35.5. The van der Waals surface area contributed by atoms with Crippen LogP contribution in [0.4, 0.5) is 14.5 Å². The largest absolute Gasteiger partial charge is 0.435 e. The van der Waals surface area contributed by atoms with E-state index in [-0.39, 0.29) is 5.75 Å². The quantitative estimate of drug-likeness (QED) is 0.839. The van der Waals surface area contributed by atoms with Gasteiger partial charge >= 0.3 is 6.61 Å². The summed E-state index contributed by atoms with van der Waals surface area (Å²) in [6, 6.07) is 8.03. The van der Waals surface area contributed by atoms with E-state index in [0.29, 0.717) is 22.0 Å². The van der Waals surface area contributed by atoms with Crippen molar-refractivity contribution in [1.29, 1.82) is 0 Å². The summed E-state index contributed by atoms with van der Waals surface area (Å²) in [4.78, 5) is 4.12. The molecular weight excluding hydrogens is 306 g/mol. The Labute approximate surface area is 124 Å². The molecule has 0 aliphatic heterocycles. The zero-order valence-electron chi connectivity index (χ0n) is 10.2. The molecule has 0 aliphatic rings. The molecule has 106 valence electrons. The van der Waals surface area contributed by atoms with Gasteiger partial charge in [-0.15, -0.1) is 11.8 Å². The molecule has 0 unspecified atom stereocenters. The van der Waals surface area contributed by atoms with Crippen molar-refractivity contribution in [2.45, 2.75) is 17.4 Å². The lowest BCUT2D eigenvalue weighted by atomic mass is 10.2. The molecule has 0 saturated carbocycles. The number of nitrogens with zero attached hydrogens (tertiary/aromatic N) is 1. The first-order valence-corrected chi connectivity index (χ1v) is 6.98. The Kier molecular flexibility index (Phi) is 5.03. The highest BCUT2D eigenvalue weighted by molar-refractivity contribution is 7.98. The van der Waals surface area contributed by atoms with Crippen molar-refractivity contribution in [3.63, 3.8) is 0 Å². The van der Waals surface area contributed by atoms with Gasteiger partial charge in [0, 0.05) is 16.3 Å². The molecule has 7 heteroatoms. The lowest BCUT2D eigenvalue weighted by Crippen LogP contribution is -2.04. The van der Waals surface area contributed by atoms with Gasteiger partial charge in [-0.1, -0.05) is 11.6 Å². The Morgan fingerprint density at radius 1 is 1.30 bits per heavy atom. The summed E-state index contributed by atoms with van der Waals surface area (Å²) in [7, 11) is 0. The molecule has 0 bridgehead atoms. The van der Waals surface area contributed by atoms with Crippen LogP contribution in [0.2, 0.25) is 5.02 Å². The molecule has 0 radical (unpaired) electrons. The van der Waals surface area contributed by atoms with Gasteiger partial charge in [-0.2, -0.15) is 8.78 Å². The van der Waals surface area contributed by atoms with Gasteiger partial charge in [0.05, 0.1) is 16.9 Å². The summed E-state index contributed by atoms with van der Waals surface area (Å²) in [6.07, 6.45) is 1.54. The highest BCUT2D eigenvalue weighted by Crippen LogP contribution is 2.30. The number of aromatic nitrogens is 1. The van der Waals surface area contributed by atoms with Crippen molar-refractivity contribution in [2.75, 3.05) is 5.73 Å². The molecule has 0 fully saturated rings. The van der Waals surface area contributed by atoms with Crippen molar-refractivity contribution in [1.82, 2.24) is 4.98 Å². The van der Waals surface area contributed by atoms with Crippen molar-refractivity contribution in [2.24, 2.45) is 0 Å². The van der Waals surface area contributed by atoms with Crippen LogP contribution < -0.4 is 10.5 Å². The average molecular weight is 317 g/mol. The number of thioether (sulfide) groups is 1. The lowest BCUT2D eigenvalue weighted by molar-refractivity contribution is -0.0503. The molecule has 2 rings (SSSR count). The Morgan fingerprint density at radius 2 is 2.10 bits per heavy atom. The van der Waals surface area contributed by atoms with Crippen LogP contribution in [0.3, 0.4) is 0 Å². The van der Waals surface area contributed by atoms with Gasteiger partial charge in [0.1, 0.15) is 5.75 Å². The standard InChI is InChI=1S/C13H11ClF2N2OS/c14-9-1-3-11(19-13(15)16)8(5-9)7-20-12-4-2-10(17)6-18-12/h1-6,13H,7,17H2. The van der Waals surface area contributed by atoms with E-state index in [0.717, 1.165) is 5.03 Å². The fourth-order valence-electron chi connectivity index (χ4n) is 1.50. The van der Waals surface area contributed by atoms with E-state index in [9.17, 15) is 8.78 Å². The van der Waals surface area contributed by atoms with Crippen LogP contribution in [-0.2, 0) is 5.75 Å². The molecule has 3 nitrogen and oxygen atoms in total. The summed E-state index contributed by atoms with van der Waals surface area (Å²) >= 11 is 7.25. The molecular formula is C13H11ClF2N2OS. The normalized spacial score (nSPS) is 10.8. The first kappa shape index (κ1) is 14.9. The lowest BCUT2D eigenvalue weighted by Gasteiger charge is -2.10. The maximum Gasteiger partial charge on any atom is 0.387 e. The number of pyridine rings is 1. The third kappa shape index (κ3) is 4.25. The molecule has 2 N–H and O–H groups in total. The number of alkyl halides is 2. The molecule has 0 spiro atoms. The minimum atomic E-state index is -2.87. The third-order valence-corrected chi connectivity index (χ3v) is 3.60. The topological polar surface area (TPSA) is 48.1 Å². The van der Waals surface area contributed by atoms with Gasteiger partial charge < -0.3 is 10.5 Å². The number of ether oxygens (including phenoxy) is 1. The van der Waals surface area contributed by atoms with E-state index in [1.807, 2.05) is 0 Å². The number of benzene rings is 1. The molecule has 0 saturated heterocycles. The zero-order valence-corrected chi connectivity index (χ0v) is 11.8. The molecule has 0 aliphatic carbocycles. The molecule has 1 aromatic heterocycles. The van der Waals surface area contributed by atoms with Gasteiger partial charge in [0.25, 0.3) is 0 Å². The van der Waals surface area contributed by atoms with Crippen molar-refractivity contribution in [3.05, 3.63) is 47.1 Å². The molecule has 1 heterocycles. The second-order valence-corrected chi connectivity index (χ2v) is 5.28. The van der Waals surface area contributed by atoms with Crippen LogP contribution in [0.5, 0.6) is 5.75 Å². The summed E-state index contributed by atoms with van der Waals surface area (Å²) in [5.74, 6) is 0.534. The Bertz CT molecular complexity index is 581. The van der Waals surface area contributed by atoms with Crippen molar-refractivity contribution in [3.8, 4) is 5.75 Å². The van der Waals surface area contributed by atoms with Crippen LogP contribution >= 0.6 is 23.4 Å². The second-order valence-electron chi connectivity index (χ2n) is 3.85. The van der Waals surface area contributed by atoms with Gasteiger partial charge in [-0.25, -0.2) is 4.98 Å². The van der Waals surface area contributed by atoms with Gasteiger partial charge in [-0.05, 0) is 30.3 Å². The van der Waals surface area contributed by atoms with E-state index in [4.69, 9.17) is 17.3 Å². The average Bonchev–Trinajstić information content (AvgIpc) is 2.40. The van der Waals surface area contributed by atoms with E-state index in [2.05, 4.69) is 9.72 Å². The summed E-state index contributed by atoms with van der Waals surface area (Å²) in [6.45, 7) is -2.87. The van der Waals surface area contributed by atoms with Crippen LogP contribution in [-0.4, -0.2) is 11.6 Å². The van der Waals surface area contributed by atoms with E-state index >= 15 is 0 Å². The SMILES string of the molecule is Nc1ccc(SCc2cc(Cl)ccc2OC(F)F)nc1. The number of hydrogen-bond donors (Lipinski definition) is 1. The molecule has 0 amide bonds. The van der Waals surface area contributed by atoms with Crippen LogP contribution in [0.25, 0.3) is 0 Å². The predicted octanol–water partition coefficient (Wildman–Crippen LogP) is 4.21. The number of rotatable bonds is 5. The summed E-state index contributed by atoms with van der Waals surface area (Å²) in [5.41, 5.74) is 6.69. The molecule has 1 aromatic carbocycles. The van der Waals surface area contributed by atoms with Crippen LogP contribution in [0, 0.1) is 0 Å². The van der Waals surface area contributed by atoms with Crippen LogP contribution in [0.1, 0.15) is 5.56 Å². The number of nitrogen functional groups attached to an aromatic ring is 1. The monoisotopic (exact) mass is 316 g/mol. The highest BCUT2D eigenvalue weighted by Gasteiger charge is 2.11. The smallest absolute Gasteiger partial charge is 0.387 e. The minimum Gasteiger partial charge on any atom is -0.435 e. The fourth-order valence-corrected chi connectivity index (χ4v) is 2.52. The fraction of sp³-hybridized carbons (Fsp3) is 0.154. The van der Waals surface area contributed by atoms with Crippen molar-refractivity contribution < 1.29 is 13.5 Å². The number of nitrogens with two attached hydrogens (primary N) is 1. The van der Waals surface area contributed by atoms with Gasteiger partial charge in [0.2, 0.25) is 0 Å². The third-order valence-electron chi connectivity index (χ3n) is 2.37. The van der Waals surface area contributed by atoms with E-state index < -0.39 is 6.61 Å². The predicted molar refractivity (Wildman–Crippen MR) is 76.3 cm³/mol. The first-order valence-electron chi connectivity index (χ1n) is 5.62. The number of anilines is 1. The van der Waals surface area contributed by atoms with Gasteiger partial charge in [0.15, 0.2) is 0 Å². The summed E-state index contributed by atoms with van der Waals surface area (Å²) in [5, 5.41) is 1.20.